The summed E-state index contributed by atoms with van der Waals surface area (Å²) >= 11 is 6.23. The Labute approximate surface area is 146 Å². The molecule has 1 N–H and O–H groups in total. The van der Waals surface area contributed by atoms with Gasteiger partial charge in [-0.1, -0.05) is 23.7 Å². The Morgan fingerprint density at radius 1 is 1.24 bits per heavy atom. The molecule has 0 atom stereocenters. The third kappa shape index (κ3) is 3.59. The Bertz CT molecular complexity index is 1040. The second-order valence-electron chi connectivity index (χ2n) is 5.18. The number of fused-ring (bicyclic) bond motifs is 1. The number of esters is 1. The van der Waals surface area contributed by atoms with Gasteiger partial charge in [-0.15, -0.1) is 0 Å². The van der Waals surface area contributed by atoms with Crippen molar-refractivity contribution < 1.29 is 13.9 Å². The molecule has 0 fully saturated rings. The standard InChI is InChI=1S/C18H12ClFN2O3/c1-25-18(24)11-4-7-13-15(9-11)21-16(22-17(13)23)14(19)8-10-2-5-12(20)6-3-10/h2-9H,1H3,(H,21,22,23)/b14-8-. The molecule has 7 heteroatoms. The Morgan fingerprint density at radius 2 is 1.96 bits per heavy atom. The highest BCUT2D eigenvalue weighted by Gasteiger charge is 2.11. The summed E-state index contributed by atoms with van der Waals surface area (Å²) in [4.78, 5) is 30.7. The Balaban J connectivity index is 2.08. The zero-order valence-corrected chi connectivity index (χ0v) is 13.8. The summed E-state index contributed by atoms with van der Waals surface area (Å²) in [5, 5.41) is 0.497. The van der Waals surface area contributed by atoms with Crippen molar-refractivity contribution in [3.05, 3.63) is 75.6 Å². The molecule has 0 unspecified atom stereocenters. The van der Waals surface area contributed by atoms with Crippen LogP contribution in [0.15, 0.2) is 47.3 Å². The quantitative estimate of drug-likeness (QED) is 0.726. The van der Waals surface area contributed by atoms with E-state index < -0.39 is 5.97 Å². The van der Waals surface area contributed by atoms with Crippen LogP contribution in [0.5, 0.6) is 0 Å². The van der Waals surface area contributed by atoms with Crippen molar-refractivity contribution in [2.75, 3.05) is 7.11 Å². The fourth-order valence-corrected chi connectivity index (χ4v) is 2.49. The van der Waals surface area contributed by atoms with Crippen LogP contribution in [0, 0.1) is 5.82 Å². The molecule has 0 aliphatic heterocycles. The summed E-state index contributed by atoms with van der Waals surface area (Å²) in [6, 6.07) is 10.1. The average Bonchev–Trinajstić information content (AvgIpc) is 2.62. The number of rotatable bonds is 3. The summed E-state index contributed by atoms with van der Waals surface area (Å²) in [6.07, 6.45) is 1.55. The summed E-state index contributed by atoms with van der Waals surface area (Å²) in [5.41, 5.74) is 0.851. The number of aromatic amines is 1. The molecular weight excluding hydrogens is 347 g/mol. The van der Waals surface area contributed by atoms with Gasteiger partial charge in [0.25, 0.3) is 5.56 Å². The van der Waals surface area contributed by atoms with E-state index in [4.69, 9.17) is 11.6 Å². The zero-order chi connectivity index (χ0) is 18.0. The molecule has 0 saturated heterocycles. The molecule has 126 valence electrons. The van der Waals surface area contributed by atoms with Crippen LogP contribution in [0.4, 0.5) is 4.39 Å². The molecule has 0 spiro atoms. The van der Waals surface area contributed by atoms with Gasteiger partial charge in [-0.3, -0.25) is 4.79 Å². The number of hydrogen-bond acceptors (Lipinski definition) is 4. The number of halogens is 2. The van der Waals surface area contributed by atoms with Crippen molar-refractivity contribution in [1.29, 1.82) is 0 Å². The smallest absolute Gasteiger partial charge is 0.337 e. The first-order valence-corrected chi connectivity index (χ1v) is 7.61. The summed E-state index contributed by atoms with van der Waals surface area (Å²) in [7, 11) is 1.27. The molecular formula is C18H12ClFN2O3. The lowest BCUT2D eigenvalue weighted by Crippen LogP contribution is -2.11. The van der Waals surface area contributed by atoms with Crippen LogP contribution in [0.1, 0.15) is 21.7 Å². The lowest BCUT2D eigenvalue weighted by atomic mass is 10.1. The van der Waals surface area contributed by atoms with Gasteiger partial charge in [0.1, 0.15) is 5.82 Å². The second-order valence-corrected chi connectivity index (χ2v) is 5.59. The van der Waals surface area contributed by atoms with Crippen LogP contribution in [-0.4, -0.2) is 23.0 Å². The highest BCUT2D eigenvalue weighted by atomic mass is 35.5. The maximum Gasteiger partial charge on any atom is 0.337 e. The Hall–Kier alpha value is -2.99. The maximum absolute atomic E-state index is 13.0. The van der Waals surface area contributed by atoms with Crippen molar-refractivity contribution in [3.8, 4) is 0 Å². The Kier molecular flexibility index (Phi) is 4.63. The minimum Gasteiger partial charge on any atom is -0.465 e. The molecule has 1 heterocycles. The minimum absolute atomic E-state index is 0.144. The van der Waals surface area contributed by atoms with E-state index in [1.165, 1.54) is 37.4 Å². The molecule has 25 heavy (non-hydrogen) atoms. The van der Waals surface area contributed by atoms with Gasteiger partial charge >= 0.3 is 5.97 Å². The summed E-state index contributed by atoms with van der Waals surface area (Å²) < 4.78 is 17.6. The maximum atomic E-state index is 13.0. The molecule has 0 aliphatic rings. The summed E-state index contributed by atoms with van der Waals surface area (Å²) in [6.45, 7) is 0. The molecule has 0 radical (unpaired) electrons. The number of carbonyl (C=O) groups excluding carboxylic acids is 1. The van der Waals surface area contributed by atoms with Gasteiger partial charge in [0.2, 0.25) is 0 Å². The number of ether oxygens (including phenoxy) is 1. The van der Waals surface area contributed by atoms with E-state index in [1.54, 1.807) is 18.2 Å². The third-order valence-electron chi connectivity index (χ3n) is 3.52. The number of hydrogen-bond donors (Lipinski definition) is 1. The fourth-order valence-electron chi connectivity index (χ4n) is 2.27. The third-order valence-corrected chi connectivity index (χ3v) is 3.81. The minimum atomic E-state index is -0.529. The topological polar surface area (TPSA) is 72.1 Å². The van der Waals surface area contributed by atoms with Crippen molar-refractivity contribution in [2.45, 2.75) is 0 Å². The molecule has 3 aromatic rings. The number of carbonyl (C=O) groups is 1. The second kappa shape index (κ2) is 6.86. The number of benzene rings is 2. The SMILES string of the molecule is COC(=O)c1ccc2c(=O)[nH]c(/C(Cl)=C/c3ccc(F)cc3)nc2c1. The van der Waals surface area contributed by atoms with Gasteiger partial charge < -0.3 is 9.72 Å². The molecule has 0 amide bonds. The predicted molar refractivity (Wildman–Crippen MR) is 93.8 cm³/mol. The molecule has 0 bridgehead atoms. The lowest BCUT2D eigenvalue weighted by Gasteiger charge is -2.04. The first-order chi connectivity index (χ1) is 12.0. The molecule has 3 rings (SSSR count). The van der Waals surface area contributed by atoms with E-state index >= 15 is 0 Å². The molecule has 0 saturated carbocycles. The van der Waals surface area contributed by atoms with Gasteiger partial charge in [-0.05, 0) is 42.0 Å². The number of nitrogens with zero attached hydrogens (tertiary/aromatic N) is 1. The number of nitrogens with one attached hydrogen (secondary N) is 1. The lowest BCUT2D eigenvalue weighted by molar-refractivity contribution is 0.0601. The van der Waals surface area contributed by atoms with Crippen molar-refractivity contribution in [2.24, 2.45) is 0 Å². The van der Waals surface area contributed by atoms with Crippen LogP contribution >= 0.6 is 11.6 Å². The van der Waals surface area contributed by atoms with Crippen molar-refractivity contribution in [1.82, 2.24) is 9.97 Å². The zero-order valence-electron chi connectivity index (χ0n) is 13.0. The monoisotopic (exact) mass is 358 g/mol. The highest BCUT2D eigenvalue weighted by molar-refractivity contribution is 6.50. The van der Waals surface area contributed by atoms with Crippen LogP contribution < -0.4 is 5.56 Å². The van der Waals surface area contributed by atoms with E-state index in [2.05, 4.69) is 14.7 Å². The van der Waals surface area contributed by atoms with Gasteiger partial charge in [-0.2, -0.15) is 0 Å². The van der Waals surface area contributed by atoms with Gasteiger partial charge in [0.15, 0.2) is 5.82 Å². The first-order valence-electron chi connectivity index (χ1n) is 7.23. The molecule has 0 aliphatic carbocycles. The van der Waals surface area contributed by atoms with E-state index in [0.717, 1.165) is 0 Å². The van der Waals surface area contributed by atoms with E-state index in [9.17, 15) is 14.0 Å². The van der Waals surface area contributed by atoms with E-state index in [1.807, 2.05) is 0 Å². The van der Waals surface area contributed by atoms with E-state index in [0.29, 0.717) is 16.5 Å². The Morgan fingerprint density at radius 3 is 2.64 bits per heavy atom. The highest BCUT2D eigenvalue weighted by Crippen LogP contribution is 2.20. The number of aromatic nitrogens is 2. The van der Waals surface area contributed by atoms with Crippen LogP contribution in [0.2, 0.25) is 0 Å². The van der Waals surface area contributed by atoms with Crippen LogP contribution in [0.3, 0.4) is 0 Å². The van der Waals surface area contributed by atoms with Gasteiger partial charge in [0, 0.05) is 0 Å². The van der Waals surface area contributed by atoms with Crippen LogP contribution in [0.25, 0.3) is 22.0 Å². The van der Waals surface area contributed by atoms with Crippen molar-refractivity contribution >= 4 is 39.6 Å². The largest absolute Gasteiger partial charge is 0.465 e. The van der Waals surface area contributed by atoms with Gasteiger partial charge in [-0.25, -0.2) is 14.2 Å². The summed E-state index contributed by atoms with van der Waals surface area (Å²) in [5.74, 6) is -0.746. The normalized spacial score (nSPS) is 11.6. The predicted octanol–water partition coefficient (Wildman–Crippen LogP) is 3.59. The van der Waals surface area contributed by atoms with E-state index in [-0.39, 0.29) is 27.8 Å². The fraction of sp³-hybridized carbons (Fsp3) is 0.0556. The molecule has 2 aromatic carbocycles. The first kappa shape index (κ1) is 16.9. The molecule has 5 nitrogen and oxygen atoms in total. The number of methoxy groups -OCH3 is 1. The van der Waals surface area contributed by atoms with Crippen LogP contribution in [-0.2, 0) is 4.74 Å². The van der Waals surface area contributed by atoms with Crippen molar-refractivity contribution in [3.63, 3.8) is 0 Å². The molecule has 1 aromatic heterocycles. The average molecular weight is 359 g/mol. The number of H-pyrrole nitrogens is 1. The van der Waals surface area contributed by atoms with Gasteiger partial charge in [0.05, 0.1) is 28.6 Å².